The first-order chi connectivity index (χ1) is 13.9. The minimum atomic E-state index is -0.437. The SMILES string of the molecule is C[C@]12CCC(CCC3CNC3)CC1[C@@H](CO)[C@@H](O)C1C2CC[C@]2(C)C(=O)CCC12. The molecule has 3 N–H and O–H groups in total. The molecule has 0 aromatic carbocycles. The van der Waals surface area contributed by atoms with Crippen LogP contribution in [0.4, 0.5) is 0 Å². The van der Waals surface area contributed by atoms with E-state index in [1.54, 1.807) is 0 Å². The largest absolute Gasteiger partial charge is 0.396 e. The van der Waals surface area contributed by atoms with E-state index in [9.17, 15) is 15.0 Å². The van der Waals surface area contributed by atoms with E-state index in [0.29, 0.717) is 30.0 Å². The second-order valence-electron chi connectivity index (χ2n) is 11.9. The first-order valence-electron chi connectivity index (χ1n) is 12.4. The smallest absolute Gasteiger partial charge is 0.139 e. The molecule has 4 heteroatoms. The van der Waals surface area contributed by atoms with Crippen LogP contribution in [-0.4, -0.2) is 41.8 Å². The van der Waals surface area contributed by atoms with Gasteiger partial charge in [0.2, 0.25) is 0 Å². The molecular weight excluding hydrogens is 362 g/mol. The number of aliphatic hydroxyl groups excluding tert-OH is 2. The molecule has 5 unspecified atom stereocenters. The highest BCUT2D eigenvalue weighted by molar-refractivity contribution is 5.87. The number of ketones is 1. The van der Waals surface area contributed by atoms with Gasteiger partial charge < -0.3 is 15.5 Å². The summed E-state index contributed by atoms with van der Waals surface area (Å²) in [5.41, 5.74) is -0.00184. The van der Waals surface area contributed by atoms with E-state index in [-0.39, 0.29) is 29.3 Å². The van der Waals surface area contributed by atoms with Crippen molar-refractivity contribution in [2.24, 2.45) is 52.3 Å². The Labute approximate surface area is 176 Å². The van der Waals surface area contributed by atoms with E-state index in [2.05, 4.69) is 19.2 Å². The third-order valence-corrected chi connectivity index (χ3v) is 10.8. The Morgan fingerprint density at radius 3 is 2.45 bits per heavy atom. The highest BCUT2D eigenvalue weighted by Crippen LogP contribution is 2.67. The van der Waals surface area contributed by atoms with Crippen molar-refractivity contribution in [3.8, 4) is 0 Å². The summed E-state index contributed by atoms with van der Waals surface area (Å²) in [7, 11) is 0. The fraction of sp³-hybridized carbons (Fsp3) is 0.960. The number of fused-ring (bicyclic) bond motifs is 5. The lowest BCUT2D eigenvalue weighted by Gasteiger charge is -2.64. The molecule has 0 amide bonds. The van der Waals surface area contributed by atoms with E-state index in [0.717, 1.165) is 31.1 Å². The highest BCUT2D eigenvalue weighted by atomic mass is 16.3. The third kappa shape index (κ3) is 2.99. The van der Waals surface area contributed by atoms with Gasteiger partial charge in [-0.15, -0.1) is 0 Å². The monoisotopic (exact) mass is 403 g/mol. The molecule has 5 aliphatic rings. The molecule has 4 aliphatic carbocycles. The van der Waals surface area contributed by atoms with Gasteiger partial charge in [-0.1, -0.05) is 20.3 Å². The van der Waals surface area contributed by atoms with Crippen LogP contribution in [0.5, 0.6) is 0 Å². The van der Waals surface area contributed by atoms with Gasteiger partial charge in [0.1, 0.15) is 5.78 Å². The molecule has 4 nitrogen and oxygen atoms in total. The molecule has 0 aromatic heterocycles. The van der Waals surface area contributed by atoms with Gasteiger partial charge in [-0.05, 0) is 99.0 Å². The molecule has 0 radical (unpaired) electrons. The first-order valence-corrected chi connectivity index (χ1v) is 12.4. The lowest BCUT2D eigenvalue weighted by atomic mass is 9.41. The zero-order chi connectivity index (χ0) is 20.4. The summed E-state index contributed by atoms with van der Waals surface area (Å²) < 4.78 is 0. The second-order valence-corrected chi connectivity index (χ2v) is 11.9. The predicted octanol–water partition coefficient (Wildman–Crippen LogP) is 3.40. The molecule has 29 heavy (non-hydrogen) atoms. The number of aliphatic hydroxyl groups is 2. The lowest BCUT2D eigenvalue weighted by molar-refractivity contribution is -0.201. The molecule has 9 atom stereocenters. The molecule has 164 valence electrons. The van der Waals surface area contributed by atoms with Crippen LogP contribution in [0.1, 0.15) is 71.6 Å². The second kappa shape index (κ2) is 7.31. The summed E-state index contributed by atoms with van der Waals surface area (Å²) in [5.74, 6) is 3.52. The maximum atomic E-state index is 12.7. The number of carbonyl (C=O) groups is 1. The lowest BCUT2D eigenvalue weighted by Crippen LogP contribution is -2.62. The van der Waals surface area contributed by atoms with Crippen molar-refractivity contribution in [3.63, 3.8) is 0 Å². The normalized spacial score (nSPS) is 52.4. The van der Waals surface area contributed by atoms with Gasteiger partial charge in [-0.2, -0.15) is 0 Å². The topological polar surface area (TPSA) is 69.6 Å². The van der Waals surface area contributed by atoms with Crippen LogP contribution in [0, 0.1) is 52.3 Å². The third-order valence-electron chi connectivity index (χ3n) is 10.8. The highest BCUT2D eigenvalue weighted by Gasteiger charge is 2.64. The zero-order valence-corrected chi connectivity index (χ0v) is 18.4. The van der Waals surface area contributed by atoms with Gasteiger partial charge in [0.05, 0.1) is 6.10 Å². The summed E-state index contributed by atoms with van der Waals surface area (Å²) in [6.45, 7) is 7.13. The van der Waals surface area contributed by atoms with Crippen LogP contribution < -0.4 is 5.32 Å². The molecule has 1 aliphatic heterocycles. The Morgan fingerprint density at radius 2 is 1.76 bits per heavy atom. The van der Waals surface area contributed by atoms with Crippen molar-refractivity contribution >= 4 is 5.78 Å². The Hall–Kier alpha value is -0.450. The summed E-state index contributed by atoms with van der Waals surface area (Å²) in [4.78, 5) is 12.7. The first kappa shape index (κ1) is 20.5. The summed E-state index contributed by atoms with van der Waals surface area (Å²) in [6.07, 6.45) is 9.69. The standard InChI is InChI=1S/C25H41NO3/c1-24-9-7-15(3-4-16-12-26-13-16)11-20(24)17(14-27)23(29)22-18-5-6-21(28)25(18,2)10-8-19(22)24/h15-20,22-23,26-27,29H,3-14H2,1-2H3/t15?,17-,18?,19?,20?,22?,23-,24-,25+/m1/s1. The van der Waals surface area contributed by atoms with E-state index in [1.165, 1.54) is 45.2 Å². The molecule has 0 bridgehead atoms. The maximum Gasteiger partial charge on any atom is 0.139 e. The predicted molar refractivity (Wildman–Crippen MR) is 113 cm³/mol. The Kier molecular flexibility index (Phi) is 5.15. The van der Waals surface area contributed by atoms with Crippen molar-refractivity contribution in [2.45, 2.75) is 77.7 Å². The minimum absolute atomic E-state index is 0.00697. The van der Waals surface area contributed by atoms with Gasteiger partial charge in [0.25, 0.3) is 0 Å². The number of rotatable bonds is 4. The average Bonchev–Trinajstić information content (AvgIpc) is 2.97. The molecule has 1 heterocycles. The van der Waals surface area contributed by atoms with Crippen LogP contribution in [0.15, 0.2) is 0 Å². The average molecular weight is 404 g/mol. The van der Waals surface area contributed by atoms with Crippen LogP contribution >= 0.6 is 0 Å². The van der Waals surface area contributed by atoms with Crippen LogP contribution in [-0.2, 0) is 4.79 Å². The molecule has 5 rings (SSSR count). The van der Waals surface area contributed by atoms with Crippen LogP contribution in [0.2, 0.25) is 0 Å². The Morgan fingerprint density at radius 1 is 1.00 bits per heavy atom. The molecule has 5 fully saturated rings. The summed E-state index contributed by atoms with van der Waals surface area (Å²) in [6, 6.07) is 0. The van der Waals surface area contributed by atoms with Gasteiger partial charge in [0.15, 0.2) is 0 Å². The molecular formula is C25H41NO3. The quantitative estimate of drug-likeness (QED) is 0.673. The maximum absolute atomic E-state index is 12.7. The van der Waals surface area contributed by atoms with Gasteiger partial charge in [-0.25, -0.2) is 0 Å². The van der Waals surface area contributed by atoms with Crippen molar-refractivity contribution in [1.29, 1.82) is 0 Å². The Bertz CT molecular complexity index is 648. The van der Waals surface area contributed by atoms with Crippen LogP contribution in [0.3, 0.4) is 0 Å². The number of Topliss-reactive ketones (excluding diaryl/α,β-unsaturated/α-hetero) is 1. The molecule has 0 aromatic rings. The van der Waals surface area contributed by atoms with E-state index < -0.39 is 6.10 Å². The summed E-state index contributed by atoms with van der Waals surface area (Å²) in [5, 5.41) is 25.3. The zero-order valence-electron chi connectivity index (χ0n) is 18.4. The van der Waals surface area contributed by atoms with Crippen molar-refractivity contribution in [2.75, 3.05) is 19.7 Å². The fourth-order valence-electron chi connectivity index (χ4n) is 8.83. The molecule has 0 spiro atoms. The number of hydrogen-bond donors (Lipinski definition) is 3. The van der Waals surface area contributed by atoms with E-state index in [4.69, 9.17) is 0 Å². The van der Waals surface area contributed by atoms with E-state index in [1.807, 2.05) is 0 Å². The van der Waals surface area contributed by atoms with Gasteiger partial charge >= 0.3 is 0 Å². The van der Waals surface area contributed by atoms with Gasteiger partial charge in [-0.3, -0.25) is 4.79 Å². The molecule has 1 saturated heterocycles. The Balaban J connectivity index is 1.38. The van der Waals surface area contributed by atoms with Gasteiger partial charge in [0, 0.05) is 24.4 Å². The van der Waals surface area contributed by atoms with Crippen molar-refractivity contribution in [1.82, 2.24) is 5.32 Å². The molecule has 4 saturated carbocycles. The van der Waals surface area contributed by atoms with Crippen LogP contribution in [0.25, 0.3) is 0 Å². The van der Waals surface area contributed by atoms with Crippen molar-refractivity contribution in [3.05, 3.63) is 0 Å². The number of nitrogens with one attached hydrogen (secondary N) is 1. The van der Waals surface area contributed by atoms with Crippen molar-refractivity contribution < 1.29 is 15.0 Å². The van der Waals surface area contributed by atoms with E-state index >= 15 is 0 Å². The fourth-order valence-corrected chi connectivity index (χ4v) is 8.83. The summed E-state index contributed by atoms with van der Waals surface area (Å²) >= 11 is 0. The number of carbonyl (C=O) groups excluding carboxylic acids is 1. The number of hydrogen-bond acceptors (Lipinski definition) is 4. The minimum Gasteiger partial charge on any atom is -0.396 e.